The number of thioether (sulfide) groups is 1. The van der Waals surface area contributed by atoms with Gasteiger partial charge >= 0.3 is 5.97 Å². The normalized spacial score (nSPS) is 19.7. The lowest BCUT2D eigenvalue weighted by molar-refractivity contribution is -0.384. The van der Waals surface area contributed by atoms with Crippen LogP contribution in [0.5, 0.6) is 0 Å². The maximum Gasteiger partial charge on any atom is 0.355 e. The number of nitro groups is 1. The van der Waals surface area contributed by atoms with E-state index in [4.69, 9.17) is 4.74 Å². The fourth-order valence-electron chi connectivity index (χ4n) is 3.26. The van der Waals surface area contributed by atoms with E-state index < -0.39 is 16.9 Å². The van der Waals surface area contributed by atoms with Gasteiger partial charge in [0.15, 0.2) is 0 Å². The number of carbonyl (C=O) groups excluding carboxylic acids is 3. The number of amides is 2. The van der Waals surface area contributed by atoms with Crippen LogP contribution >= 0.6 is 23.1 Å². The highest BCUT2D eigenvalue weighted by Crippen LogP contribution is 2.38. The van der Waals surface area contributed by atoms with Gasteiger partial charge < -0.3 is 10.1 Å². The van der Waals surface area contributed by atoms with Crippen LogP contribution in [0.25, 0.3) is 0 Å². The molecule has 0 aliphatic carbocycles. The van der Waals surface area contributed by atoms with Gasteiger partial charge in [-0.2, -0.15) is 0 Å². The minimum Gasteiger partial charge on any atom is -0.456 e. The molecule has 2 aliphatic rings. The Hall–Kier alpha value is -3.18. The number of fused-ring (bicyclic) bond motifs is 1. The first-order chi connectivity index (χ1) is 14.9. The van der Waals surface area contributed by atoms with Crippen LogP contribution in [0, 0.1) is 10.1 Å². The average Bonchev–Trinajstić information content (AvgIpc) is 3.28. The van der Waals surface area contributed by atoms with E-state index in [0.29, 0.717) is 11.3 Å². The lowest BCUT2D eigenvalue weighted by Crippen LogP contribution is -2.70. The Morgan fingerprint density at radius 2 is 2.03 bits per heavy atom. The highest BCUT2D eigenvalue weighted by atomic mass is 32.2. The Morgan fingerprint density at radius 1 is 1.26 bits per heavy atom. The molecule has 2 amide bonds. The molecular formula is C20H17N3O6S2. The monoisotopic (exact) mass is 459 g/mol. The van der Waals surface area contributed by atoms with E-state index in [1.165, 1.54) is 52.3 Å². The topological polar surface area (TPSA) is 119 Å². The molecule has 1 fully saturated rings. The number of hydrogen-bond donors (Lipinski definition) is 1. The molecule has 0 saturated carbocycles. The summed E-state index contributed by atoms with van der Waals surface area (Å²) in [7, 11) is 0. The SMILES string of the molecule is O=C(Cc1cccs1)N[C@@H]1C(=O)N2C(C(=O)OCc3ccc([N+](=O)[O-])cc3)=CCS[C@H]12. The molecule has 2 aliphatic heterocycles. The summed E-state index contributed by atoms with van der Waals surface area (Å²) < 4.78 is 5.29. The maximum absolute atomic E-state index is 12.6. The minimum atomic E-state index is -0.677. The van der Waals surface area contributed by atoms with Gasteiger partial charge in [0.2, 0.25) is 5.91 Å². The third-order valence-electron chi connectivity index (χ3n) is 4.80. The van der Waals surface area contributed by atoms with Crippen molar-refractivity contribution in [2.45, 2.75) is 24.4 Å². The predicted octanol–water partition coefficient (Wildman–Crippen LogP) is 2.23. The summed E-state index contributed by atoms with van der Waals surface area (Å²) >= 11 is 2.93. The van der Waals surface area contributed by atoms with Crippen LogP contribution in [0.4, 0.5) is 5.69 Å². The summed E-state index contributed by atoms with van der Waals surface area (Å²) in [6.45, 7) is -0.0744. The number of esters is 1. The molecule has 2 atom stereocenters. The van der Waals surface area contributed by atoms with E-state index in [0.717, 1.165) is 4.88 Å². The molecule has 0 spiro atoms. The molecule has 1 saturated heterocycles. The van der Waals surface area contributed by atoms with Gasteiger partial charge in [-0.05, 0) is 35.2 Å². The summed E-state index contributed by atoms with van der Waals surface area (Å²) in [5, 5.41) is 15.0. The molecule has 1 N–H and O–H groups in total. The fourth-order valence-corrected chi connectivity index (χ4v) is 5.16. The molecule has 0 unspecified atom stereocenters. The Morgan fingerprint density at radius 3 is 2.71 bits per heavy atom. The Kier molecular flexibility index (Phi) is 6.05. The zero-order valence-electron chi connectivity index (χ0n) is 16.1. The molecular weight excluding hydrogens is 442 g/mol. The number of carbonyl (C=O) groups is 3. The number of benzene rings is 1. The summed E-state index contributed by atoms with van der Waals surface area (Å²) in [6.07, 6.45) is 1.83. The van der Waals surface area contributed by atoms with Crippen LogP contribution in [0.15, 0.2) is 53.6 Å². The molecule has 0 radical (unpaired) electrons. The molecule has 4 rings (SSSR count). The van der Waals surface area contributed by atoms with Crippen molar-refractivity contribution < 1.29 is 24.0 Å². The largest absolute Gasteiger partial charge is 0.456 e. The van der Waals surface area contributed by atoms with Crippen LogP contribution in [0.1, 0.15) is 10.4 Å². The Balaban J connectivity index is 1.33. The van der Waals surface area contributed by atoms with Crippen molar-refractivity contribution in [3.8, 4) is 0 Å². The van der Waals surface area contributed by atoms with E-state index in [1.807, 2.05) is 17.5 Å². The lowest BCUT2D eigenvalue weighted by Gasteiger charge is -2.48. The van der Waals surface area contributed by atoms with E-state index in [2.05, 4.69) is 5.32 Å². The quantitative estimate of drug-likeness (QED) is 0.292. The van der Waals surface area contributed by atoms with E-state index in [-0.39, 0.29) is 41.6 Å². The highest BCUT2D eigenvalue weighted by molar-refractivity contribution is 8.00. The van der Waals surface area contributed by atoms with Gasteiger partial charge in [-0.1, -0.05) is 6.07 Å². The molecule has 2 aromatic rings. The Labute approximate surface area is 185 Å². The second-order valence-corrected chi connectivity index (χ2v) is 9.00. The predicted molar refractivity (Wildman–Crippen MR) is 114 cm³/mol. The van der Waals surface area contributed by atoms with Crippen LogP contribution in [-0.2, 0) is 32.1 Å². The number of hydrogen-bond acceptors (Lipinski definition) is 8. The van der Waals surface area contributed by atoms with Crippen molar-refractivity contribution in [3.63, 3.8) is 0 Å². The van der Waals surface area contributed by atoms with Gasteiger partial charge in [-0.15, -0.1) is 23.1 Å². The smallest absolute Gasteiger partial charge is 0.355 e. The first kappa shape index (κ1) is 21.1. The van der Waals surface area contributed by atoms with Crippen molar-refractivity contribution in [2.75, 3.05) is 5.75 Å². The third-order valence-corrected chi connectivity index (χ3v) is 6.86. The van der Waals surface area contributed by atoms with Crippen molar-refractivity contribution in [1.29, 1.82) is 0 Å². The van der Waals surface area contributed by atoms with Crippen molar-refractivity contribution >= 4 is 46.6 Å². The minimum absolute atomic E-state index is 0.0525. The number of ether oxygens (including phenoxy) is 1. The summed E-state index contributed by atoms with van der Waals surface area (Å²) in [6, 6.07) is 8.72. The third kappa shape index (κ3) is 4.47. The van der Waals surface area contributed by atoms with Crippen molar-refractivity contribution in [1.82, 2.24) is 10.2 Å². The summed E-state index contributed by atoms with van der Waals surface area (Å²) in [5.74, 6) is -0.734. The average molecular weight is 460 g/mol. The van der Waals surface area contributed by atoms with Crippen LogP contribution in [0.3, 0.4) is 0 Å². The second-order valence-electron chi connectivity index (χ2n) is 6.82. The summed E-state index contributed by atoms with van der Waals surface area (Å²) in [5.41, 5.74) is 0.692. The number of nitrogens with zero attached hydrogens (tertiary/aromatic N) is 2. The molecule has 0 bridgehead atoms. The Bertz CT molecular complexity index is 1050. The van der Waals surface area contributed by atoms with Crippen molar-refractivity contribution in [3.05, 3.63) is 74.1 Å². The second kappa shape index (κ2) is 8.90. The summed E-state index contributed by atoms with van der Waals surface area (Å²) in [4.78, 5) is 49.8. The molecule has 1 aromatic heterocycles. The molecule has 11 heteroatoms. The standard InChI is InChI=1S/C20H17N3O6S2/c24-16(10-14-2-1-8-30-14)21-17-18(25)22-15(7-9-31-19(17)22)20(26)29-11-12-3-5-13(6-4-12)23(27)28/h1-8,17,19H,9-11H2,(H,21,24)/t17-,19-/m1/s1. The first-order valence-electron chi connectivity index (χ1n) is 9.31. The zero-order chi connectivity index (χ0) is 22.0. The van der Waals surface area contributed by atoms with Crippen LogP contribution < -0.4 is 5.32 Å². The van der Waals surface area contributed by atoms with Gasteiger partial charge in [-0.3, -0.25) is 24.6 Å². The van der Waals surface area contributed by atoms with Gasteiger partial charge in [0, 0.05) is 22.8 Å². The van der Waals surface area contributed by atoms with Crippen LogP contribution in [0.2, 0.25) is 0 Å². The molecule has 9 nitrogen and oxygen atoms in total. The van der Waals surface area contributed by atoms with E-state index in [1.54, 1.807) is 6.08 Å². The number of nitrogens with one attached hydrogen (secondary N) is 1. The number of non-ortho nitro benzene ring substituents is 1. The molecule has 1 aromatic carbocycles. The maximum atomic E-state index is 12.6. The van der Waals surface area contributed by atoms with Crippen LogP contribution in [-0.4, -0.2) is 44.8 Å². The number of rotatable bonds is 7. The first-order valence-corrected chi connectivity index (χ1v) is 11.2. The molecule has 31 heavy (non-hydrogen) atoms. The van der Waals surface area contributed by atoms with Gasteiger partial charge in [0.25, 0.3) is 11.6 Å². The van der Waals surface area contributed by atoms with E-state index in [9.17, 15) is 24.5 Å². The van der Waals surface area contributed by atoms with Gasteiger partial charge in [0.1, 0.15) is 23.7 Å². The number of thiophene rings is 1. The molecule has 160 valence electrons. The van der Waals surface area contributed by atoms with Gasteiger partial charge in [-0.25, -0.2) is 4.79 Å². The van der Waals surface area contributed by atoms with Gasteiger partial charge in [0.05, 0.1) is 11.3 Å². The van der Waals surface area contributed by atoms with E-state index >= 15 is 0 Å². The molecule has 3 heterocycles. The van der Waals surface area contributed by atoms with Crippen molar-refractivity contribution in [2.24, 2.45) is 0 Å². The lowest BCUT2D eigenvalue weighted by atomic mass is 10.0. The fraction of sp³-hybridized carbons (Fsp3) is 0.250. The number of nitro benzene ring substituents is 1. The number of β-lactam (4-membered cyclic amide) rings is 1. The highest BCUT2D eigenvalue weighted by Gasteiger charge is 2.52. The zero-order valence-corrected chi connectivity index (χ0v) is 17.7.